The molecule has 0 aromatic carbocycles. The number of aromatic nitrogens is 7. The van der Waals surface area contributed by atoms with Gasteiger partial charge in [-0.2, -0.15) is 33.9 Å². The first-order valence-electron chi connectivity index (χ1n) is 10.6. The van der Waals surface area contributed by atoms with Crippen molar-refractivity contribution in [2.45, 2.75) is 43.9 Å². The van der Waals surface area contributed by atoms with Gasteiger partial charge in [0.25, 0.3) is 5.56 Å². The second-order valence-corrected chi connectivity index (χ2v) is 8.25. The summed E-state index contributed by atoms with van der Waals surface area (Å²) < 4.78 is 41.7. The summed E-state index contributed by atoms with van der Waals surface area (Å²) in [6.07, 6.45) is -0.287. The molecule has 1 fully saturated rings. The third-order valence-corrected chi connectivity index (χ3v) is 6.26. The zero-order chi connectivity index (χ0) is 24.9. The first-order chi connectivity index (χ1) is 16.7. The Kier molecular flexibility index (Phi) is 5.13. The van der Waals surface area contributed by atoms with E-state index >= 15 is 0 Å². The van der Waals surface area contributed by atoms with Gasteiger partial charge in [-0.3, -0.25) is 14.5 Å². The van der Waals surface area contributed by atoms with Crippen LogP contribution < -0.4 is 5.56 Å². The molecule has 1 saturated carbocycles. The van der Waals surface area contributed by atoms with Crippen molar-refractivity contribution in [2.24, 2.45) is 0 Å². The number of nitrogens with one attached hydrogen (secondary N) is 1. The highest BCUT2D eigenvalue weighted by Crippen LogP contribution is 2.44. The van der Waals surface area contributed by atoms with Crippen molar-refractivity contribution in [2.75, 3.05) is 0 Å². The van der Waals surface area contributed by atoms with Crippen LogP contribution in [0.15, 0.2) is 35.4 Å². The number of aromatic amines is 1. The molecule has 10 nitrogen and oxygen atoms in total. The molecule has 5 rings (SSSR count). The summed E-state index contributed by atoms with van der Waals surface area (Å²) in [5.74, 6) is 0.201. The predicted molar refractivity (Wildman–Crippen MR) is 114 cm³/mol. The highest BCUT2D eigenvalue weighted by molar-refractivity contribution is 5.80. The Morgan fingerprint density at radius 3 is 2.54 bits per heavy atom. The van der Waals surface area contributed by atoms with Crippen LogP contribution in [0.3, 0.4) is 0 Å². The van der Waals surface area contributed by atoms with Crippen LogP contribution in [0.5, 0.6) is 0 Å². The molecular formula is C22H16F3N9O. The zero-order valence-corrected chi connectivity index (χ0v) is 18.2. The van der Waals surface area contributed by atoms with Crippen LogP contribution in [0.4, 0.5) is 13.2 Å². The predicted octanol–water partition coefficient (Wildman–Crippen LogP) is 3.20. The number of nitriles is 2. The molecule has 0 bridgehead atoms. The fourth-order valence-corrected chi connectivity index (χ4v) is 4.25. The molecule has 0 aliphatic heterocycles. The minimum atomic E-state index is -4.57. The van der Waals surface area contributed by atoms with E-state index in [4.69, 9.17) is 5.26 Å². The lowest BCUT2D eigenvalue weighted by molar-refractivity contribution is -0.141. The minimum Gasteiger partial charge on any atom is -0.309 e. The Labute approximate surface area is 195 Å². The van der Waals surface area contributed by atoms with E-state index in [0.29, 0.717) is 11.4 Å². The molecular weight excluding hydrogens is 463 g/mol. The maximum atomic E-state index is 12.9. The van der Waals surface area contributed by atoms with Gasteiger partial charge in [0, 0.05) is 18.3 Å². The van der Waals surface area contributed by atoms with E-state index in [-0.39, 0.29) is 34.4 Å². The summed E-state index contributed by atoms with van der Waals surface area (Å²) >= 11 is 0. The van der Waals surface area contributed by atoms with Gasteiger partial charge in [0.1, 0.15) is 29.0 Å². The molecule has 0 radical (unpaired) electrons. The summed E-state index contributed by atoms with van der Waals surface area (Å²) in [6.45, 7) is 1.67. The molecule has 13 heteroatoms. The molecule has 4 aromatic heterocycles. The number of H-pyrrole nitrogens is 1. The van der Waals surface area contributed by atoms with Crippen LogP contribution >= 0.6 is 0 Å². The van der Waals surface area contributed by atoms with E-state index in [9.17, 15) is 23.2 Å². The number of hydrogen-bond acceptors (Lipinski definition) is 7. The van der Waals surface area contributed by atoms with E-state index in [1.165, 1.54) is 10.7 Å². The molecule has 0 unspecified atom stereocenters. The van der Waals surface area contributed by atoms with Crippen LogP contribution in [-0.4, -0.2) is 34.5 Å². The average molecular weight is 479 g/mol. The van der Waals surface area contributed by atoms with Crippen molar-refractivity contribution in [1.82, 2.24) is 34.5 Å². The fraction of sp³-hybridized carbons (Fsp3) is 0.318. The monoisotopic (exact) mass is 479 g/mol. The van der Waals surface area contributed by atoms with Crippen molar-refractivity contribution >= 4 is 11.0 Å². The molecule has 1 N–H and O–H groups in total. The number of fused-ring (bicyclic) bond motifs is 1. The number of nitrogens with zero attached hydrogens (tertiary/aromatic N) is 8. The van der Waals surface area contributed by atoms with Gasteiger partial charge in [-0.05, 0) is 37.5 Å². The van der Waals surface area contributed by atoms with Gasteiger partial charge in [-0.25, -0.2) is 9.67 Å². The van der Waals surface area contributed by atoms with Gasteiger partial charge >= 0.3 is 6.18 Å². The molecule has 0 spiro atoms. The molecule has 4 heterocycles. The minimum absolute atomic E-state index is 0.00435. The Bertz CT molecular complexity index is 1570. The van der Waals surface area contributed by atoms with E-state index in [2.05, 4.69) is 25.1 Å². The van der Waals surface area contributed by atoms with Crippen LogP contribution in [0.25, 0.3) is 11.0 Å². The Morgan fingerprint density at radius 1 is 1.17 bits per heavy atom. The van der Waals surface area contributed by atoms with Crippen LogP contribution in [0.1, 0.15) is 66.2 Å². The maximum absolute atomic E-state index is 12.9. The van der Waals surface area contributed by atoms with Gasteiger partial charge in [0.15, 0.2) is 17.0 Å². The highest BCUT2D eigenvalue weighted by Gasteiger charge is 2.37. The lowest BCUT2D eigenvalue weighted by atomic mass is 9.79. The second kappa shape index (κ2) is 8.06. The third kappa shape index (κ3) is 3.71. The van der Waals surface area contributed by atoms with Gasteiger partial charge in [-0.15, -0.1) is 0 Å². The molecule has 0 saturated heterocycles. The van der Waals surface area contributed by atoms with Gasteiger partial charge in [0.2, 0.25) is 0 Å². The van der Waals surface area contributed by atoms with Crippen molar-refractivity contribution < 1.29 is 13.2 Å². The van der Waals surface area contributed by atoms with Gasteiger partial charge in [-0.1, -0.05) is 6.07 Å². The molecule has 4 aromatic rings. The van der Waals surface area contributed by atoms with Gasteiger partial charge < -0.3 is 4.98 Å². The normalized spacial score (nSPS) is 18.6. The quantitative estimate of drug-likeness (QED) is 0.474. The lowest BCUT2D eigenvalue weighted by Gasteiger charge is -2.35. The van der Waals surface area contributed by atoms with Crippen LogP contribution in [-0.2, 0) is 6.18 Å². The number of alkyl halides is 3. The van der Waals surface area contributed by atoms with E-state index in [1.807, 2.05) is 12.1 Å². The molecule has 1 aliphatic carbocycles. The summed E-state index contributed by atoms with van der Waals surface area (Å²) in [7, 11) is 0. The smallest absolute Gasteiger partial charge is 0.309 e. The number of pyridine rings is 1. The van der Waals surface area contributed by atoms with Gasteiger partial charge in [0.05, 0.1) is 12.1 Å². The Balaban J connectivity index is 1.56. The first-order valence-corrected chi connectivity index (χ1v) is 10.6. The van der Waals surface area contributed by atoms with E-state index < -0.39 is 23.5 Å². The zero-order valence-electron chi connectivity index (χ0n) is 18.2. The van der Waals surface area contributed by atoms with E-state index in [1.54, 1.807) is 23.9 Å². The maximum Gasteiger partial charge on any atom is 0.433 e. The Morgan fingerprint density at radius 2 is 1.97 bits per heavy atom. The molecule has 0 amide bonds. The lowest BCUT2D eigenvalue weighted by Crippen LogP contribution is -2.31. The number of hydrogen-bond donors (Lipinski definition) is 1. The molecule has 176 valence electrons. The van der Waals surface area contributed by atoms with Crippen LogP contribution in [0.2, 0.25) is 0 Å². The van der Waals surface area contributed by atoms with Crippen molar-refractivity contribution in [3.8, 4) is 12.1 Å². The van der Waals surface area contributed by atoms with Crippen LogP contribution in [0, 0.1) is 22.7 Å². The van der Waals surface area contributed by atoms with Crippen molar-refractivity contribution in [3.63, 3.8) is 0 Å². The third-order valence-electron chi connectivity index (χ3n) is 6.26. The number of halogens is 3. The highest BCUT2D eigenvalue weighted by atomic mass is 19.4. The van der Waals surface area contributed by atoms with Crippen molar-refractivity contribution in [3.05, 3.63) is 69.4 Å². The fourth-order valence-electron chi connectivity index (χ4n) is 4.25. The summed E-state index contributed by atoms with van der Waals surface area (Å²) in [5.41, 5.74) is -0.864. The molecule has 35 heavy (non-hydrogen) atoms. The average Bonchev–Trinajstić information content (AvgIpc) is 3.42. The Hall–Kier alpha value is -4.52. The summed E-state index contributed by atoms with van der Waals surface area (Å²) in [4.78, 5) is 23.8. The standard InChI is InChI=1S/C22H16F3N9O/c1-11(12-2-5-17(28-10-12)22(23,24)25)34-20-18(15(9-27)32-34)21(35)30-19(29-20)14-3-4-16(14)33-7-6-13(8-26)31-33/h2,5-7,10-11,14,16H,3-4H2,1H3,(H,29,30,35)/t11-,14-,16-/m1/s1. The molecule has 1 aliphatic rings. The SMILES string of the molecule is C[C@H](c1ccc(C(F)(F)F)nc1)n1nc(C#N)c2c(=O)[nH]c([C@@H]3CC[C@H]3n3ccc(C#N)n3)nc21. The summed E-state index contributed by atoms with van der Waals surface area (Å²) in [6, 6.07) is 6.85. The largest absolute Gasteiger partial charge is 0.433 e. The van der Waals surface area contributed by atoms with E-state index in [0.717, 1.165) is 25.1 Å². The van der Waals surface area contributed by atoms with Crippen molar-refractivity contribution in [1.29, 1.82) is 10.5 Å². The molecule has 3 atom stereocenters. The topological polar surface area (TPSA) is 142 Å². The first kappa shape index (κ1) is 22.3. The summed E-state index contributed by atoms with van der Waals surface area (Å²) in [5, 5.41) is 27.0. The second-order valence-electron chi connectivity index (χ2n) is 8.25. The number of rotatable bonds is 4.